The van der Waals surface area contributed by atoms with Crippen LogP contribution in [0.2, 0.25) is 0 Å². The first kappa shape index (κ1) is 20.0. The van der Waals surface area contributed by atoms with Gasteiger partial charge in [-0.15, -0.1) is 24.0 Å². The van der Waals surface area contributed by atoms with E-state index in [1.807, 2.05) is 31.2 Å². The molecule has 1 unspecified atom stereocenters. The Balaban J connectivity index is 0.00000288. The molecule has 0 aliphatic carbocycles. The summed E-state index contributed by atoms with van der Waals surface area (Å²) in [6, 6.07) is 13.3. The average molecular weight is 445 g/mol. The van der Waals surface area contributed by atoms with Crippen molar-refractivity contribution in [2.24, 2.45) is 10.7 Å². The van der Waals surface area contributed by atoms with E-state index in [1.165, 1.54) is 12.1 Å². The zero-order valence-electron chi connectivity index (χ0n) is 13.5. The van der Waals surface area contributed by atoms with Crippen LogP contribution in [0.1, 0.15) is 6.92 Å². The lowest BCUT2D eigenvalue weighted by molar-refractivity contribution is 0.229. The van der Waals surface area contributed by atoms with Crippen molar-refractivity contribution in [2.45, 2.75) is 13.0 Å². The Morgan fingerprint density at radius 2 is 1.92 bits per heavy atom. The molecule has 0 amide bonds. The highest BCUT2D eigenvalue weighted by Gasteiger charge is 2.05. The molecule has 0 saturated heterocycles. The van der Waals surface area contributed by atoms with Crippen molar-refractivity contribution in [3.05, 3.63) is 54.3 Å². The summed E-state index contributed by atoms with van der Waals surface area (Å²) in [5.74, 6) is 1.18. The van der Waals surface area contributed by atoms with Crippen LogP contribution in [0.3, 0.4) is 0 Å². The molecule has 0 aliphatic rings. The minimum absolute atomic E-state index is 0. The number of nitrogens with two attached hydrogens (primary N) is 1. The SMILES string of the molecule is COc1ccc(NC(N)=NCC(C)Oc2cccc(F)c2)cc1.I. The van der Waals surface area contributed by atoms with E-state index in [0.29, 0.717) is 12.3 Å². The number of benzene rings is 2. The van der Waals surface area contributed by atoms with Gasteiger partial charge < -0.3 is 20.5 Å². The number of rotatable bonds is 6. The normalized spacial score (nSPS) is 12.0. The highest BCUT2D eigenvalue weighted by molar-refractivity contribution is 14.0. The van der Waals surface area contributed by atoms with Gasteiger partial charge in [-0.25, -0.2) is 9.38 Å². The highest BCUT2D eigenvalue weighted by Crippen LogP contribution is 2.15. The number of ether oxygens (including phenoxy) is 2. The van der Waals surface area contributed by atoms with Crippen molar-refractivity contribution in [3.63, 3.8) is 0 Å². The molecule has 130 valence electrons. The van der Waals surface area contributed by atoms with E-state index >= 15 is 0 Å². The van der Waals surface area contributed by atoms with Gasteiger partial charge in [-0.1, -0.05) is 6.07 Å². The number of nitrogens with one attached hydrogen (secondary N) is 1. The lowest BCUT2D eigenvalue weighted by Gasteiger charge is -2.13. The molecule has 2 aromatic rings. The Hall–Kier alpha value is -2.03. The molecule has 0 saturated carbocycles. The molecule has 1 atom stereocenters. The topological polar surface area (TPSA) is 68.9 Å². The first-order chi connectivity index (χ1) is 11.1. The predicted molar refractivity (Wildman–Crippen MR) is 105 cm³/mol. The summed E-state index contributed by atoms with van der Waals surface area (Å²) in [5.41, 5.74) is 6.65. The third kappa shape index (κ3) is 6.61. The van der Waals surface area contributed by atoms with Gasteiger partial charge >= 0.3 is 0 Å². The summed E-state index contributed by atoms with van der Waals surface area (Å²) in [6.07, 6.45) is -0.229. The summed E-state index contributed by atoms with van der Waals surface area (Å²) in [7, 11) is 1.61. The molecule has 24 heavy (non-hydrogen) atoms. The molecule has 0 heterocycles. The summed E-state index contributed by atoms with van der Waals surface area (Å²) in [4.78, 5) is 4.21. The summed E-state index contributed by atoms with van der Waals surface area (Å²) >= 11 is 0. The van der Waals surface area contributed by atoms with Crippen molar-refractivity contribution in [2.75, 3.05) is 19.0 Å². The van der Waals surface area contributed by atoms with Crippen LogP contribution in [0.25, 0.3) is 0 Å². The third-order valence-corrected chi connectivity index (χ3v) is 3.01. The molecule has 2 rings (SSSR count). The predicted octanol–water partition coefficient (Wildman–Crippen LogP) is 3.65. The molecule has 0 aliphatic heterocycles. The lowest BCUT2D eigenvalue weighted by Crippen LogP contribution is -2.25. The smallest absolute Gasteiger partial charge is 0.193 e. The molecule has 0 aromatic heterocycles. The van der Waals surface area contributed by atoms with Gasteiger partial charge in [0.05, 0.1) is 13.7 Å². The van der Waals surface area contributed by atoms with Crippen LogP contribution in [0.5, 0.6) is 11.5 Å². The van der Waals surface area contributed by atoms with Crippen molar-refractivity contribution >= 4 is 35.6 Å². The number of aliphatic imine (C=N–C) groups is 1. The fraction of sp³-hybridized carbons (Fsp3) is 0.235. The van der Waals surface area contributed by atoms with Crippen LogP contribution in [0, 0.1) is 5.82 Å². The Morgan fingerprint density at radius 1 is 1.21 bits per heavy atom. The quantitative estimate of drug-likeness (QED) is 0.405. The van der Waals surface area contributed by atoms with Crippen LogP contribution in [0.15, 0.2) is 53.5 Å². The zero-order valence-corrected chi connectivity index (χ0v) is 15.9. The standard InChI is InChI=1S/C17H20FN3O2.HI/c1-12(23-16-5-3-4-13(18)10-16)11-20-17(19)21-14-6-8-15(22-2)9-7-14;/h3-10,12H,11H2,1-2H3,(H3,19,20,21);1H. The number of nitrogens with zero attached hydrogens (tertiary/aromatic N) is 1. The second-order valence-corrected chi connectivity index (χ2v) is 4.97. The van der Waals surface area contributed by atoms with E-state index in [0.717, 1.165) is 11.4 Å². The van der Waals surface area contributed by atoms with Gasteiger partial charge in [0.25, 0.3) is 0 Å². The molecule has 2 aromatic carbocycles. The lowest BCUT2D eigenvalue weighted by atomic mass is 10.3. The van der Waals surface area contributed by atoms with E-state index in [-0.39, 0.29) is 41.9 Å². The van der Waals surface area contributed by atoms with E-state index in [2.05, 4.69) is 10.3 Å². The van der Waals surface area contributed by atoms with Gasteiger partial charge in [0.1, 0.15) is 23.4 Å². The van der Waals surface area contributed by atoms with E-state index < -0.39 is 0 Å². The van der Waals surface area contributed by atoms with Crippen LogP contribution in [-0.4, -0.2) is 25.7 Å². The number of methoxy groups -OCH3 is 1. The Labute approximate surface area is 158 Å². The van der Waals surface area contributed by atoms with Crippen LogP contribution in [0.4, 0.5) is 10.1 Å². The molecule has 0 spiro atoms. The first-order valence-electron chi connectivity index (χ1n) is 7.20. The van der Waals surface area contributed by atoms with Gasteiger partial charge in [-0.05, 0) is 43.3 Å². The second kappa shape index (κ2) is 9.96. The maximum Gasteiger partial charge on any atom is 0.193 e. The Bertz CT molecular complexity index is 665. The minimum atomic E-state index is -0.334. The molecule has 0 radical (unpaired) electrons. The van der Waals surface area contributed by atoms with Crippen LogP contribution in [-0.2, 0) is 0 Å². The number of hydrogen-bond acceptors (Lipinski definition) is 3. The van der Waals surface area contributed by atoms with Gasteiger partial charge in [0, 0.05) is 11.8 Å². The molecule has 3 N–H and O–H groups in total. The van der Waals surface area contributed by atoms with E-state index in [9.17, 15) is 4.39 Å². The molecule has 7 heteroatoms. The maximum atomic E-state index is 13.1. The fourth-order valence-electron chi connectivity index (χ4n) is 1.90. The second-order valence-electron chi connectivity index (χ2n) is 4.97. The van der Waals surface area contributed by atoms with Crippen molar-refractivity contribution < 1.29 is 13.9 Å². The first-order valence-corrected chi connectivity index (χ1v) is 7.20. The molecule has 0 bridgehead atoms. The Morgan fingerprint density at radius 3 is 2.54 bits per heavy atom. The number of anilines is 1. The van der Waals surface area contributed by atoms with E-state index in [1.54, 1.807) is 19.2 Å². The number of halogens is 2. The van der Waals surface area contributed by atoms with Crippen molar-refractivity contribution in [3.8, 4) is 11.5 Å². The van der Waals surface area contributed by atoms with Crippen LogP contribution < -0.4 is 20.5 Å². The summed E-state index contributed by atoms with van der Waals surface area (Å²) < 4.78 is 23.7. The van der Waals surface area contributed by atoms with Gasteiger partial charge in [-0.3, -0.25) is 0 Å². The van der Waals surface area contributed by atoms with Crippen molar-refractivity contribution in [1.29, 1.82) is 0 Å². The average Bonchev–Trinajstić information content (AvgIpc) is 2.54. The largest absolute Gasteiger partial charge is 0.497 e. The van der Waals surface area contributed by atoms with Crippen LogP contribution >= 0.6 is 24.0 Å². The molecular weight excluding hydrogens is 424 g/mol. The zero-order chi connectivity index (χ0) is 16.7. The molecule has 0 fully saturated rings. The maximum absolute atomic E-state index is 13.1. The molecular formula is C17H21FIN3O2. The Kier molecular flexibility index (Phi) is 8.31. The van der Waals surface area contributed by atoms with E-state index in [4.69, 9.17) is 15.2 Å². The van der Waals surface area contributed by atoms with Gasteiger partial charge in [-0.2, -0.15) is 0 Å². The van der Waals surface area contributed by atoms with Gasteiger partial charge in [0.2, 0.25) is 0 Å². The monoisotopic (exact) mass is 445 g/mol. The number of guanidine groups is 1. The van der Waals surface area contributed by atoms with Gasteiger partial charge in [0.15, 0.2) is 5.96 Å². The third-order valence-electron chi connectivity index (χ3n) is 3.01. The number of hydrogen-bond donors (Lipinski definition) is 2. The highest BCUT2D eigenvalue weighted by atomic mass is 127. The molecule has 5 nitrogen and oxygen atoms in total. The van der Waals surface area contributed by atoms with Crippen molar-refractivity contribution in [1.82, 2.24) is 0 Å². The summed E-state index contributed by atoms with van der Waals surface area (Å²) in [6.45, 7) is 2.20. The fourth-order valence-corrected chi connectivity index (χ4v) is 1.90. The summed E-state index contributed by atoms with van der Waals surface area (Å²) in [5, 5.41) is 2.98. The minimum Gasteiger partial charge on any atom is -0.497 e.